The summed E-state index contributed by atoms with van der Waals surface area (Å²) in [6.45, 7) is 4.43. The van der Waals surface area contributed by atoms with Crippen LogP contribution in [0.5, 0.6) is 0 Å². The molecular formula is C11H14NO3S. The molecule has 87 valence electrons. The van der Waals surface area contributed by atoms with E-state index >= 15 is 0 Å². The molecule has 1 aromatic carbocycles. The number of nitrogens with zero attached hydrogens (tertiary/aromatic N) is 1. The summed E-state index contributed by atoms with van der Waals surface area (Å²) in [5.74, 6) is 0. The van der Waals surface area contributed by atoms with Crippen molar-refractivity contribution in [3.8, 4) is 0 Å². The molecule has 0 fully saturated rings. The minimum absolute atomic E-state index is 0.204. The van der Waals surface area contributed by atoms with Gasteiger partial charge >= 0.3 is 0 Å². The van der Waals surface area contributed by atoms with Gasteiger partial charge in [0, 0.05) is 18.7 Å². The molecule has 0 unspecified atom stereocenters. The van der Waals surface area contributed by atoms with Crippen molar-refractivity contribution >= 4 is 16.3 Å². The molecule has 0 spiro atoms. The summed E-state index contributed by atoms with van der Waals surface area (Å²) in [5.41, 5.74) is 0.346. The molecule has 0 aromatic heterocycles. The van der Waals surface area contributed by atoms with Gasteiger partial charge in [0.05, 0.1) is 4.90 Å². The molecule has 4 nitrogen and oxygen atoms in total. The Balaban J connectivity index is 3.11. The van der Waals surface area contributed by atoms with Gasteiger partial charge in [-0.1, -0.05) is 13.8 Å². The molecule has 1 aromatic rings. The minimum Gasteiger partial charge on any atom is -0.285 e. The van der Waals surface area contributed by atoms with Crippen molar-refractivity contribution in [3.63, 3.8) is 0 Å². The Bertz CT molecular complexity index is 447. The van der Waals surface area contributed by atoms with E-state index in [1.807, 2.05) is 0 Å². The minimum atomic E-state index is -3.42. The smallest absolute Gasteiger partial charge is 0.243 e. The first-order valence-electron chi connectivity index (χ1n) is 5.04. The van der Waals surface area contributed by atoms with E-state index in [0.29, 0.717) is 18.7 Å². The van der Waals surface area contributed by atoms with Crippen molar-refractivity contribution in [2.24, 2.45) is 0 Å². The molecular weight excluding hydrogens is 226 g/mol. The topological polar surface area (TPSA) is 54.5 Å². The molecule has 0 saturated heterocycles. The van der Waals surface area contributed by atoms with Gasteiger partial charge < -0.3 is 0 Å². The zero-order valence-corrected chi connectivity index (χ0v) is 10.1. The third-order valence-electron chi connectivity index (χ3n) is 2.32. The number of hydrogen-bond acceptors (Lipinski definition) is 3. The molecule has 0 atom stereocenters. The van der Waals surface area contributed by atoms with Crippen molar-refractivity contribution < 1.29 is 13.2 Å². The van der Waals surface area contributed by atoms with Crippen LogP contribution in [0.25, 0.3) is 0 Å². The van der Waals surface area contributed by atoms with Crippen molar-refractivity contribution in [2.45, 2.75) is 18.7 Å². The van der Waals surface area contributed by atoms with Crippen molar-refractivity contribution in [2.75, 3.05) is 13.1 Å². The van der Waals surface area contributed by atoms with Crippen molar-refractivity contribution in [1.29, 1.82) is 0 Å². The molecule has 1 radical (unpaired) electrons. The summed E-state index contributed by atoms with van der Waals surface area (Å²) in [6.07, 6.45) is 1.70. The standard InChI is InChI=1S/C11H14NO3S/c1-3-12(4-2)16(14,15)11-7-5-10(9-13)6-8-11/h5-8H,3-4H2,1-2H3. The Labute approximate surface area is 95.9 Å². The highest BCUT2D eigenvalue weighted by Crippen LogP contribution is 2.15. The Kier molecular flexibility index (Phi) is 4.20. The summed E-state index contributed by atoms with van der Waals surface area (Å²) < 4.78 is 25.4. The molecule has 0 aliphatic carbocycles. The molecule has 5 heteroatoms. The van der Waals surface area contributed by atoms with E-state index in [1.165, 1.54) is 28.6 Å². The lowest BCUT2D eigenvalue weighted by Gasteiger charge is -2.18. The Morgan fingerprint density at radius 2 is 1.62 bits per heavy atom. The number of benzene rings is 1. The summed E-state index contributed by atoms with van der Waals surface area (Å²) in [4.78, 5) is 10.5. The van der Waals surface area contributed by atoms with Gasteiger partial charge in [0.2, 0.25) is 16.3 Å². The summed E-state index contributed by atoms with van der Waals surface area (Å²) in [5, 5.41) is 0. The number of rotatable bonds is 5. The fraction of sp³-hybridized carbons (Fsp3) is 0.364. The highest BCUT2D eigenvalue weighted by molar-refractivity contribution is 7.89. The quantitative estimate of drug-likeness (QED) is 0.776. The molecule has 0 aliphatic rings. The van der Waals surface area contributed by atoms with E-state index in [1.54, 1.807) is 20.1 Å². The van der Waals surface area contributed by atoms with E-state index in [9.17, 15) is 13.2 Å². The first-order valence-corrected chi connectivity index (χ1v) is 6.48. The van der Waals surface area contributed by atoms with Gasteiger partial charge in [0.25, 0.3) is 0 Å². The van der Waals surface area contributed by atoms with Gasteiger partial charge in [-0.3, -0.25) is 4.79 Å². The molecule has 0 heterocycles. The maximum absolute atomic E-state index is 12.0. The number of carbonyl (C=O) groups excluding carboxylic acids is 1. The average molecular weight is 240 g/mol. The van der Waals surface area contributed by atoms with Crippen LogP contribution in [-0.4, -0.2) is 32.1 Å². The largest absolute Gasteiger partial charge is 0.285 e. The highest BCUT2D eigenvalue weighted by atomic mass is 32.2. The Morgan fingerprint density at radius 1 is 1.12 bits per heavy atom. The zero-order chi connectivity index (χ0) is 12.2. The van der Waals surface area contributed by atoms with E-state index < -0.39 is 10.0 Å². The van der Waals surface area contributed by atoms with Gasteiger partial charge in [-0.25, -0.2) is 8.42 Å². The van der Waals surface area contributed by atoms with E-state index in [-0.39, 0.29) is 4.90 Å². The van der Waals surface area contributed by atoms with Crippen LogP contribution in [0.3, 0.4) is 0 Å². The van der Waals surface area contributed by atoms with E-state index in [0.717, 1.165) is 0 Å². The molecule has 0 N–H and O–H groups in total. The van der Waals surface area contributed by atoms with Crippen LogP contribution in [0.1, 0.15) is 19.4 Å². The van der Waals surface area contributed by atoms with E-state index in [2.05, 4.69) is 0 Å². The Hall–Kier alpha value is -1.20. The predicted octanol–water partition coefficient (Wildman–Crippen LogP) is 1.17. The fourth-order valence-corrected chi connectivity index (χ4v) is 2.87. The van der Waals surface area contributed by atoms with Gasteiger partial charge in [0.15, 0.2) is 0 Å². The lowest BCUT2D eigenvalue weighted by molar-refractivity contribution is 0.445. The SMILES string of the molecule is CCN(CC)S(=O)(=O)c1ccc([C]=O)cc1. The summed E-state index contributed by atoms with van der Waals surface area (Å²) >= 11 is 0. The van der Waals surface area contributed by atoms with Crippen LogP contribution in [0.2, 0.25) is 0 Å². The summed E-state index contributed by atoms with van der Waals surface area (Å²) in [6, 6.07) is 5.74. The second kappa shape index (κ2) is 5.23. The van der Waals surface area contributed by atoms with Gasteiger partial charge in [-0.05, 0) is 24.3 Å². The van der Waals surface area contributed by atoms with Crippen LogP contribution in [0.15, 0.2) is 29.2 Å². The average Bonchev–Trinajstić information content (AvgIpc) is 2.30. The second-order valence-electron chi connectivity index (χ2n) is 3.22. The summed E-state index contributed by atoms with van der Waals surface area (Å²) in [7, 11) is -3.42. The first kappa shape index (κ1) is 12.9. The molecule has 0 bridgehead atoms. The third kappa shape index (κ3) is 2.48. The first-order chi connectivity index (χ1) is 7.56. The lowest BCUT2D eigenvalue weighted by Crippen LogP contribution is -2.30. The highest BCUT2D eigenvalue weighted by Gasteiger charge is 2.20. The van der Waals surface area contributed by atoms with Crippen molar-refractivity contribution in [1.82, 2.24) is 4.31 Å². The Morgan fingerprint density at radius 3 is 2.00 bits per heavy atom. The monoisotopic (exact) mass is 240 g/mol. The van der Waals surface area contributed by atoms with Gasteiger partial charge in [0.1, 0.15) is 0 Å². The molecule has 0 saturated carbocycles. The maximum atomic E-state index is 12.0. The molecule has 16 heavy (non-hydrogen) atoms. The zero-order valence-electron chi connectivity index (χ0n) is 9.30. The molecule has 0 aliphatic heterocycles. The fourth-order valence-electron chi connectivity index (χ4n) is 1.41. The molecule has 0 amide bonds. The third-order valence-corrected chi connectivity index (χ3v) is 4.38. The second-order valence-corrected chi connectivity index (χ2v) is 5.15. The van der Waals surface area contributed by atoms with Crippen molar-refractivity contribution in [3.05, 3.63) is 29.8 Å². The van der Waals surface area contributed by atoms with Crippen LogP contribution in [-0.2, 0) is 14.8 Å². The van der Waals surface area contributed by atoms with Gasteiger partial charge in [-0.2, -0.15) is 4.31 Å². The van der Waals surface area contributed by atoms with Crippen LogP contribution < -0.4 is 0 Å². The van der Waals surface area contributed by atoms with Crippen LogP contribution >= 0.6 is 0 Å². The van der Waals surface area contributed by atoms with Crippen LogP contribution in [0.4, 0.5) is 0 Å². The van der Waals surface area contributed by atoms with E-state index in [4.69, 9.17) is 0 Å². The predicted molar refractivity (Wildman–Crippen MR) is 61.3 cm³/mol. The van der Waals surface area contributed by atoms with Crippen LogP contribution in [0, 0.1) is 0 Å². The maximum Gasteiger partial charge on any atom is 0.243 e. The molecule has 1 rings (SSSR count). The number of hydrogen-bond donors (Lipinski definition) is 0. The normalized spacial score (nSPS) is 11.7. The van der Waals surface area contributed by atoms with Gasteiger partial charge in [-0.15, -0.1) is 0 Å². The number of sulfonamides is 1. The lowest BCUT2D eigenvalue weighted by atomic mass is 10.2.